The molecule has 20 heavy (non-hydrogen) atoms. The standard InChI is InChI=1S/C16H15BrN2O/c1-12(13-7-3-2-4-8-13)11-18-19-16(20)14-9-5-6-10-15(14)17/h2-12H,1H3,(H,19,20)/b18-11-/t12-/m1/s1. The van der Waals surface area contributed by atoms with Crippen LogP contribution in [0.4, 0.5) is 0 Å². The van der Waals surface area contributed by atoms with Gasteiger partial charge in [-0.2, -0.15) is 5.10 Å². The lowest BCUT2D eigenvalue weighted by Gasteiger charge is -2.06. The van der Waals surface area contributed by atoms with E-state index in [0.29, 0.717) is 5.56 Å². The van der Waals surface area contributed by atoms with E-state index in [9.17, 15) is 4.79 Å². The van der Waals surface area contributed by atoms with Crippen molar-refractivity contribution in [2.45, 2.75) is 12.8 Å². The third-order valence-electron chi connectivity index (χ3n) is 2.91. The highest BCUT2D eigenvalue weighted by Gasteiger charge is 2.07. The minimum atomic E-state index is -0.228. The first kappa shape index (κ1) is 14.5. The maximum Gasteiger partial charge on any atom is 0.272 e. The van der Waals surface area contributed by atoms with Crippen molar-refractivity contribution in [3.8, 4) is 0 Å². The van der Waals surface area contributed by atoms with Crippen LogP contribution in [0.25, 0.3) is 0 Å². The fourth-order valence-electron chi connectivity index (χ4n) is 1.76. The van der Waals surface area contributed by atoms with Gasteiger partial charge in [0.05, 0.1) is 5.56 Å². The maximum atomic E-state index is 11.9. The van der Waals surface area contributed by atoms with Crippen molar-refractivity contribution in [2.24, 2.45) is 5.10 Å². The molecule has 0 unspecified atom stereocenters. The number of hydrogen-bond acceptors (Lipinski definition) is 2. The lowest BCUT2D eigenvalue weighted by atomic mass is 10.0. The molecular formula is C16H15BrN2O. The molecule has 1 N–H and O–H groups in total. The molecule has 102 valence electrons. The minimum absolute atomic E-state index is 0.149. The first-order valence-electron chi connectivity index (χ1n) is 6.31. The fourth-order valence-corrected chi connectivity index (χ4v) is 2.22. The zero-order valence-electron chi connectivity index (χ0n) is 11.1. The number of hydrazone groups is 1. The fraction of sp³-hybridized carbons (Fsp3) is 0.125. The number of hydrogen-bond donors (Lipinski definition) is 1. The van der Waals surface area contributed by atoms with Crippen molar-refractivity contribution >= 4 is 28.1 Å². The van der Waals surface area contributed by atoms with Crippen LogP contribution in [-0.2, 0) is 0 Å². The van der Waals surface area contributed by atoms with Gasteiger partial charge in [0, 0.05) is 16.6 Å². The maximum absolute atomic E-state index is 11.9. The summed E-state index contributed by atoms with van der Waals surface area (Å²) in [6, 6.07) is 17.3. The summed E-state index contributed by atoms with van der Waals surface area (Å²) in [4.78, 5) is 11.9. The average molecular weight is 331 g/mol. The number of carbonyl (C=O) groups excluding carboxylic acids is 1. The Kier molecular flexibility index (Phi) is 5.07. The van der Waals surface area contributed by atoms with E-state index in [4.69, 9.17) is 0 Å². The van der Waals surface area contributed by atoms with Crippen molar-refractivity contribution in [1.29, 1.82) is 0 Å². The molecule has 2 rings (SSSR count). The van der Waals surface area contributed by atoms with E-state index in [1.165, 1.54) is 0 Å². The van der Waals surface area contributed by atoms with E-state index >= 15 is 0 Å². The topological polar surface area (TPSA) is 41.5 Å². The van der Waals surface area contributed by atoms with E-state index in [1.807, 2.05) is 55.5 Å². The van der Waals surface area contributed by atoms with Gasteiger partial charge in [0.1, 0.15) is 0 Å². The summed E-state index contributed by atoms with van der Waals surface area (Å²) in [5.41, 5.74) is 4.27. The summed E-state index contributed by atoms with van der Waals surface area (Å²) >= 11 is 3.34. The molecule has 0 aromatic heterocycles. The van der Waals surface area contributed by atoms with Crippen LogP contribution in [0, 0.1) is 0 Å². The van der Waals surface area contributed by atoms with Gasteiger partial charge < -0.3 is 0 Å². The number of rotatable bonds is 4. The van der Waals surface area contributed by atoms with Crippen molar-refractivity contribution < 1.29 is 4.79 Å². The summed E-state index contributed by atoms with van der Waals surface area (Å²) in [5.74, 6) is -0.0790. The van der Waals surface area contributed by atoms with Crippen LogP contribution in [0.15, 0.2) is 64.2 Å². The van der Waals surface area contributed by atoms with Gasteiger partial charge in [0.25, 0.3) is 5.91 Å². The summed E-state index contributed by atoms with van der Waals surface area (Å²) in [6.45, 7) is 2.03. The molecule has 3 nitrogen and oxygen atoms in total. The van der Waals surface area contributed by atoms with Gasteiger partial charge in [-0.1, -0.05) is 49.4 Å². The largest absolute Gasteiger partial charge is 0.272 e. The smallest absolute Gasteiger partial charge is 0.267 e. The zero-order valence-corrected chi connectivity index (χ0v) is 12.7. The Morgan fingerprint density at radius 1 is 1.15 bits per heavy atom. The lowest BCUT2D eigenvalue weighted by Crippen LogP contribution is -2.18. The van der Waals surface area contributed by atoms with Crippen LogP contribution in [0.3, 0.4) is 0 Å². The van der Waals surface area contributed by atoms with Crippen LogP contribution in [-0.4, -0.2) is 12.1 Å². The van der Waals surface area contributed by atoms with Crippen molar-refractivity contribution in [3.63, 3.8) is 0 Å². The zero-order chi connectivity index (χ0) is 14.4. The minimum Gasteiger partial charge on any atom is -0.267 e. The van der Waals surface area contributed by atoms with E-state index in [0.717, 1.165) is 10.0 Å². The highest BCUT2D eigenvalue weighted by Crippen LogP contribution is 2.15. The molecule has 0 radical (unpaired) electrons. The van der Waals surface area contributed by atoms with E-state index in [1.54, 1.807) is 12.3 Å². The van der Waals surface area contributed by atoms with Crippen LogP contribution >= 0.6 is 15.9 Å². The molecule has 0 aliphatic carbocycles. The van der Waals surface area contributed by atoms with Crippen LogP contribution in [0.2, 0.25) is 0 Å². The third kappa shape index (κ3) is 3.78. The summed E-state index contributed by atoms with van der Waals surface area (Å²) in [7, 11) is 0. The van der Waals surface area contributed by atoms with Crippen LogP contribution in [0.1, 0.15) is 28.8 Å². The van der Waals surface area contributed by atoms with Gasteiger partial charge in [0.2, 0.25) is 0 Å². The van der Waals surface area contributed by atoms with Crippen molar-refractivity contribution in [3.05, 3.63) is 70.2 Å². The molecule has 0 saturated heterocycles. The van der Waals surface area contributed by atoms with E-state index < -0.39 is 0 Å². The van der Waals surface area contributed by atoms with Crippen LogP contribution < -0.4 is 5.43 Å². The van der Waals surface area contributed by atoms with Gasteiger partial charge in [0.15, 0.2) is 0 Å². The number of nitrogens with one attached hydrogen (secondary N) is 1. The Hall–Kier alpha value is -1.94. The summed E-state index contributed by atoms with van der Waals surface area (Å²) < 4.78 is 0.754. The Bertz CT molecular complexity index is 611. The first-order valence-corrected chi connectivity index (χ1v) is 7.11. The number of benzene rings is 2. The third-order valence-corrected chi connectivity index (χ3v) is 3.60. The Morgan fingerprint density at radius 2 is 1.80 bits per heavy atom. The molecule has 2 aromatic carbocycles. The van der Waals surface area contributed by atoms with Crippen LogP contribution in [0.5, 0.6) is 0 Å². The monoisotopic (exact) mass is 330 g/mol. The van der Waals surface area contributed by atoms with Gasteiger partial charge in [-0.05, 0) is 33.6 Å². The molecule has 0 saturated carbocycles. The summed E-state index contributed by atoms with van der Waals surface area (Å²) in [6.07, 6.45) is 1.73. The van der Waals surface area contributed by atoms with Gasteiger partial charge in [-0.15, -0.1) is 0 Å². The van der Waals surface area contributed by atoms with Crippen molar-refractivity contribution in [1.82, 2.24) is 5.43 Å². The molecule has 0 bridgehead atoms. The number of amides is 1. The highest BCUT2D eigenvalue weighted by atomic mass is 79.9. The quantitative estimate of drug-likeness (QED) is 0.668. The molecule has 0 fully saturated rings. The molecular weight excluding hydrogens is 316 g/mol. The summed E-state index contributed by atoms with van der Waals surface area (Å²) in [5, 5.41) is 4.02. The highest BCUT2D eigenvalue weighted by molar-refractivity contribution is 9.10. The number of carbonyl (C=O) groups is 1. The molecule has 0 aliphatic heterocycles. The number of halogens is 1. The Morgan fingerprint density at radius 3 is 2.50 bits per heavy atom. The van der Waals surface area contributed by atoms with E-state index in [-0.39, 0.29) is 11.8 Å². The second kappa shape index (κ2) is 7.01. The van der Waals surface area contributed by atoms with Crippen molar-refractivity contribution in [2.75, 3.05) is 0 Å². The first-order chi connectivity index (χ1) is 9.68. The second-order valence-corrected chi connectivity index (χ2v) is 5.25. The predicted molar refractivity (Wildman–Crippen MR) is 85.0 cm³/mol. The molecule has 2 aromatic rings. The average Bonchev–Trinajstić information content (AvgIpc) is 2.48. The molecule has 4 heteroatoms. The molecule has 0 heterocycles. The lowest BCUT2D eigenvalue weighted by molar-refractivity contribution is 0.0954. The predicted octanol–water partition coefficient (Wildman–Crippen LogP) is 3.97. The normalized spacial score (nSPS) is 12.3. The molecule has 0 spiro atoms. The van der Waals surface area contributed by atoms with Gasteiger partial charge >= 0.3 is 0 Å². The SMILES string of the molecule is C[C@H](/C=N\NC(=O)c1ccccc1Br)c1ccccc1. The van der Waals surface area contributed by atoms with E-state index in [2.05, 4.69) is 26.5 Å². The second-order valence-electron chi connectivity index (χ2n) is 4.40. The number of nitrogens with zero attached hydrogens (tertiary/aromatic N) is 1. The van der Waals surface area contributed by atoms with Gasteiger partial charge in [-0.3, -0.25) is 4.79 Å². The Labute approximate surface area is 126 Å². The Balaban J connectivity index is 1.97. The molecule has 1 amide bonds. The molecule has 0 aliphatic rings. The molecule has 1 atom stereocenters. The van der Waals surface area contributed by atoms with Gasteiger partial charge in [-0.25, -0.2) is 5.43 Å².